The number of nitriles is 1. The predicted molar refractivity (Wildman–Crippen MR) is 151 cm³/mol. The van der Waals surface area contributed by atoms with E-state index in [1.807, 2.05) is 36.4 Å². The third-order valence-electron chi connectivity index (χ3n) is 7.93. The molecule has 2 aliphatic rings. The molecule has 0 radical (unpaired) electrons. The highest BCUT2D eigenvalue weighted by Crippen LogP contribution is 2.37. The van der Waals surface area contributed by atoms with Crippen molar-refractivity contribution >= 4 is 17.8 Å². The summed E-state index contributed by atoms with van der Waals surface area (Å²) in [4.78, 5) is 39.2. The van der Waals surface area contributed by atoms with Crippen LogP contribution < -0.4 is 5.73 Å². The molecule has 0 saturated heterocycles. The number of nitrogens with two attached hydrogens (primary N) is 1. The summed E-state index contributed by atoms with van der Waals surface area (Å²) in [5.41, 5.74) is 13.4. The van der Waals surface area contributed by atoms with Gasteiger partial charge in [-0.25, -0.2) is 9.59 Å². The van der Waals surface area contributed by atoms with Crippen LogP contribution in [0.15, 0.2) is 60.7 Å². The van der Waals surface area contributed by atoms with Crippen LogP contribution in [0.1, 0.15) is 95.2 Å². The van der Waals surface area contributed by atoms with E-state index in [4.69, 9.17) is 21.2 Å². The maximum atomic E-state index is 11.2. The van der Waals surface area contributed by atoms with Crippen molar-refractivity contribution in [2.45, 2.75) is 50.4 Å². The van der Waals surface area contributed by atoms with Gasteiger partial charge in [0.2, 0.25) is 5.91 Å². The molecule has 0 fully saturated rings. The quantitative estimate of drug-likeness (QED) is 0.218. The van der Waals surface area contributed by atoms with E-state index in [9.17, 15) is 14.4 Å². The molecule has 6 rings (SSSR count). The topological polar surface area (TPSA) is 173 Å². The Labute approximate surface area is 236 Å². The Morgan fingerprint density at radius 1 is 0.805 bits per heavy atom. The third-order valence-corrected chi connectivity index (χ3v) is 7.93. The average Bonchev–Trinajstić information content (AvgIpc) is 3.73. The summed E-state index contributed by atoms with van der Waals surface area (Å²) in [5, 5.41) is 27.0. The molecule has 0 aliphatic heterocycles. The van der Waals surface area contributed by atoms with Crippen molar-refractivity contribution < 1.29 is 24.6 Å². The lowest BCUT2D eigenvalue weighted by Gasteiger charge is -2.10. The van der Waals surface area contributed by atoms with Gasteiger partial charge in [0.25, 0.3) is 0 Å². The highest BCUT2D eigenvalue weighted by Gasteiger charge is 2.27. The van der Waals surface area contributed by atoms with Gasteiger partial charge in [-0.2, -0.15) is 5.26 Å². The van der Waals surface area contributed by atoms with Crippen molar-refractivity contribution in [2.24, 2.45) is 5.73 Å². The lowest BCUT2D eigenvalue weighted by atomic mass is 9.94. The molecule has 9 heteroatoms. The third kappa shape index (κ3) is 6.07. The number of H-pyrrole nitrogens is 2. The second-order valence-corrected chi connectivity index (χ2v) is 10.6. The number of hydrogen-bond donors (Lipinski definition) is 5. The number of aromatic amines is 2. The lowest BCUT2D eigenvalue weighted by molar-refractivity contribution is 0.0680. The van der Waals surface area contributed by atoms with Gasteiger partial charge >= 0.3 is 11.9 Å². The van der Waals surface area contributed by atoms with E-state index in [0.29, 0.717) is 17.0 Å². The smallest absolute Gasteiger partial charge is 0.352 e. The fourth-order valence-electron chi connectivity index (χ4n) is 5.96. The number of nitrogens with zero attached hydrogens (tertiary/aromatic N) is 1. The Hall–Kier alpha value is -5.10. The number of carbonyl (C=O) groups is 3. The van der Waals surface area contributed by atoms with Crippen LogP contribution in [0.3, 0.4) is 0 Å². The number of aromatic nitrogens is 2. The van der Waals surface area contributed by atoms with Gasteiger partial charge in [-0.15, -0.1) is 0 Å². The van der Waals surface area contributed by atoms with Gasteiger partial charge in [-0.3, -0.25) is 4.79 Å². The van der Waals surface area contributed by atoms with Crippen LogP contribution in [0, 0.1) is 11.3 Å². The molecule has 2 aliphatic carbocycles. The first-order chi connectivity index (χ1) is 19.7. The minimum Gasteiger partial charge on any atom is -0.477 e. The molecule has 0 bridgehead atoms. The molecular weight excluding hydrogens is 520 g/mol. The SMILES string of the molecule is N#Cc1cccc(CC2CCc3[nH]c(C(=O)O)cc32)c1.NC(=O)c1cccc(CC2CCc3[nH]c(C(=O)O)cc32)c1. The minimum atomic E-state index is -0.932. The maximum absolute atomic E-state index is 11.2. The van der Waals surface area contributed by atoms with Gasteiger partial charge in [-0.05, 0) is 109 Å². The number of carboxylic acids is 2. The Bertz CT molecular complexity index is 1680. The molecule has 0 saturated carbocycles. The normalized spacial score (nSPS) is 16.7. The van der Waals surface area contributed by atoms with Crippen LogP contribution >= 0.6 is 0 Å². The van der Waals surface area contributed by atoms with Gasteiger partial charge in [-0.1, -0.05) is 24.3 Å². The van der Waals surface area contributed by atoms with E-state index in [2.05, 4.69) is 16.0 Å². The number of benzene rings is 2. The van der Waals surface area contributed by atoms with Crippen molar-refractivity contribution in [3.8, 4) is 6.07 Å². The summed E-state index contributed by atoms with van der Waals surface area (Å²) < 4.78 is 0. The first-order valence-corrected chi connectivity index (χ1v) is 13.5. The Kier molecular flexibility index (Phi) is 7.74. The standard InChI is InChI=1S/C16H16N2O3.C16H14N2O2/c17-15(19)11-3-1-2-9(7-11)6-10-4-5-13-12(10)8-14(18-13)16(20)21;17-9-11-3-1-2-10(6-11)7-12-4-5-14-13(12)8-15(18-14)16(19)20/h1-3,7-8,10,18H,4-6H2,(H2,17,19)(H,20,21);1-3,6,8,12,18H,4-5,7H2,(H,19,20). The molecule has 2 aromatic carbocycles. The Morgan fingerprint density at radius 2 is 1.32 bits per heavy atom. The summed E-state index contributed by atoms with van der Waals surface area (Å²) >= 11 is 0. The monoisotopic (exact) mass is 550 g/mol. The number of rotatable bonds is 7. The highest BCUT2D eigenvalue weighted by atomic mass is 16.4. The van der Waals surface area contributed by atoms with Crippen LogP contribution in [0.2, 0.25) is 0 Å². The first-order valence-electron chi connectivity index (χ1n) is 13.5. The van der Waals surface area contributed by atoms with Crippen molar-refractivity contribution in [2.75, 3.05) is 0 Å². The molecule has 4 aromatic rings. The Morgan fingerprint density at radius 3 is 1.80 bits per heavy atom. The number of carbonyl (C=O) groups excluding carboxylic acids is 1. The van der Waals surface area contributed by atoms with Crippen molar-refractivity contribution in [1.29, 1.82) is 5.26 Å². The number of primary amides is 1. The van der Waals surface area contributed by atoms with Crippen LogP contribution in [0.25, 0.3) is 0 Å². The molecular formula is C32H30N4O5. The second kappa shape index (κ2) is 11.6. The zero-order chi connectivity index (χ0) is 29.1. The fourth-order valence-corrected chi connectivity index (χ4v) is 5.96. The predicted octanol–water partition coefficient (Wildman–Crippen LogP) is 4.94. The molecule has 41 heavy (non-hydrogen) atoms. The van der Waals surface area contributed by atoms with Crippen LogP contribution in [0.4, 0.5) is 0 Å². The first kappa shape index (κ1) is 27.5. The minimum absolute atomic E-state index is 0.246. The van der Waals surface area contributed by atoms with Crippen LogP contribution in [-0.4, -0.2) is 38.0 Å². The van der Waals surface area contributed by atoms with Crippen molar-refractivity contribution in [1.82, 2.24) is 9.97 Å². The molecule has 2 unspecified atom stereocenters. The van der Waals surface area contributed by atoms with E-state index in [-0.39, 0.29) is 17.3 Å². The van der Waals surface area contributed by atoms with Gasteiger partial charge < -0.3 is 25.9 Å². The van der Waals surface area contributed by atoms with Crippen LogP contribution in [-0.2, 0) is 25.7 Å². The zero-order valence-electron chi connectivity index (χ0n) is 22.3. The summed E-state index contributed by atoms with van der Waals surface area (Å²) in [7, 11) is 0. The molecule has 0 spiro atoms. The number of aromatic carboxylic acids is 2. The maximum Gasteiger partial charge on any atom is 0.352 e. The molecule has 1 amide bonds. The molecule has 9 nitrogen and oxygen atoms in total. The summed E-state index contributed by atoms with van der Waals surface area (Å²) in [6, 6.07) is 20.5. The largest absolute Gasteiger partial charge is 0.477 e. The van der Waals surface area contributed by atoms with Gasteiger partial charge in [0.15, 0.2) is 0 Å². The Balaban J connectivity index is 0.000000165. The summed E-state index contributed by atoms with van der Waals surface area (Å²) in [6.45, 7) is 0. The number of carboxylic acid groups (broad SMARTS) is 2. The van der Waals surface area contributed by atoms with Gasteiger partial charge in [0.1, 0.15) is 11.4 Å². The molecule has 208 valence electrons. The number of amides is 1. The van der Waals surface area contributed by atoms with E-state index >= 15 is 0 Å². The lowest BCUT2D eigenvalue weighted by Crippen LogP contribution is -2.11. The fraction of sp³-hybridized carbons (Fsp3) is 0.250. The molecule has 2 aromatic heterocycles. The summed E-state index contributed by atoms with van der Waals surface area (Å²) in [5.74, 6) is -1.65. The van der Waals surface area contributed by atoms with E-state index in [0.717, 1.165) is 72.2 Å². The average molecular weight is 551 g/mol. The van der Waals surface area contributed by atoms with Crippen molar-refractivity contribution in [3.05, 3.63) is 117 Å². The number of nitrogens with one attached hydrogen (secondary N) is 2. The molecule has 2 heterocycles. The van der Waals surface area contributed by atoms with Gasteiger partial charge in [0.05, 0.1) is 11.6 Å². The van der Waals surface area contributed by atoms with Crippen LogP contribution in [0.5, 0.6) is 0 Å². The highest BCUT2D eigenvalue weighted by molar-refractivity contribution is 5.93. The number of fused-ring (bicyclic) bond motifs is 2. The van der Waals surface area contributed by atoms with Gasteiger partial charge in [0, 0.05) is 17.0 Å². The number of hydrogen-bond acceptors (Lipinski definition) is 4. The van der Waals surface area contributed by atoms with E-state index in [1.54, 1.807) is 24.3 Å². The van der Waals surface area contributed by atoms with E-state index < -0.39 is 17.8 Å². The van der Waals surface area contributed by atoms with Crippen molar-refractivity contribution in [3.63, 3.8) is 0 Å². The molecule has 2 atom stereocenters. The number of aryl methyl sites for hydroxylation is 2. The zero-order valence-corrected chi connectivity index (χ0v) is 22.3. The summed E-state index contributed by atoms with van der Waals surface area (Å²) in [6.07, 6.45) is 5.40. The molecule has 6 N–H and O–H groups in total. The second-order valence-electron chi connectivity index (χ2n) is 10.6. The van der Waals surface area contributed by atoms with E-state index in [1.165, 1.54) is 0 Å².